The number of rotatable bonds is 2. The van der Waals surface area contributed by atoms with E-state index in [1.54, 1.807) is 6.07 Å². The van der Waals surface area contributed by atoms with E-state index >= 15 is 0 Å². The highest BCUT2D eigenvalue weighted by Gasteiger charge is 2.25. The lowest BCUT2D eigenvalue weighted by Gasteiger charge is -2.17. The average Bonchev–Trinajstić information content (AvgIpc) is 2.64. The molecule has 5 heteroatoms. The molecular weight excluding hydrogens is 310 g/mol. The summed E-state index contributed by atoms with van der Waals surface area (Å²) in [4.78, 5) is 16.7. The van der Waals surface area contributed by atoms with Gasteiger partial charge in [-0.2, -0.15) is 0 Å². The van der Waals surface area contributed by atoms with Gasteiger partial charge in [0.25, 0.3) is 5.91 Å². The summed E-state index contributed by atoms with van der Waals surface area (Å²) in [7, 11) is 0. The van der Waals surface area contributed by atoms with E-state index in [1.807, 2.05) is 36.4 Å². The summed E-state index contributed by atoms with van der Waals surface area (Å²) >= 11 is 6.11. The second-order valence-corrected chi connectivity index (χ2v) is 6.28. The number of halogens is 1. The van der Waals surface area contributed by atoms with Gasteiger partial charge in [0.05, 0.1) is 11.4 Å². The lowest BCUT2D eigenvalue weighted by atomic mass is 9.93. The Hall–Kier alpha value is -2.17. The Morgan fingerprint density at radius 2 is 1.96 bits per heavy atom. The van der Waals surface area contributed by atoms with Crippen molar-refractivity contribution in [3.8, 4) is 0 Å². The Kier molecular flexibility index (Phi) is 4.20. The molecule has 1 aliphatic heterocycles. The first-order chi connectivity index (χ1) is 11.0. The molecule has 0 spiro atoms. The van der Waals surface area contributed by atoms with Gasteiger partial charge >= 0.3 is 0 Å². The summed E-state index contributed by atoms with van der Waals surface area (Å²) in [6.45, 7) is 4.17. The first kappa shape index (κ1) is 15.7. The Balaban J connectivity index is 2.26. The minimum atomic E-state index is -0.948. The fraction of sp³-hybridized carbons (Fsp3) is 0.222. The van der Waals surface area contributed by atoms with Crippen molar-refractivity contribution in [1.82, 2.24) is 0 Å². The molecule has 2 aromatic rings. The van der Waals surface area contributed by atoms with Gasteiger partial charge in [0.2, 0.25) is 0 Å². The van der Waals surface area contributed by atoms with Gasteiger partial charge in [-0.05, 0) is 23.6 Å². The molecule has 2 aromatic carbocycles. The first-order valence-corrected chi connectivity index (χ1v) is 7.88. The number of anilines is 1. The molecule has 0 saturated heterocycles. The zero-order chi connectivity index (χ0) is 16.6. The second-order valence-electron chi connectivity index (χ2n) is 5.85. The number of fused-ring (bicyclic) bond motifs is 1. The van der Waals surface area contributed by atoms with Gasteiger partial charge < -0.3 is 11.1 Å². The first-order valence-electron chi connectivity index (χ1n) is 7.51. The SMILES string of the molecule is CC(C)c1cccc2c1NC(=O)[C@@H](N)N=C2c1cccc(Cl)c1. The van der Waals surface area contributed by atoms with Crippen molar-refractivity contribution in [2.24, 2.45) is 10.7 Å². The zero-order valence-corrected chi connectivity index (χ0v) is 13.8. The molecule has 3 N–H and O–H groups in total. The number of aliphatic imine (C=N–C) groups is 1. The quantitative estimate of drug-likeness (QED) is 0.886. The lowest BCUT2D eigenvalue weighted by molar-refractivity contribution is -0.117. The van der Waals surface area contributed by atoms with Crippen molar-refractivity contribution in [3.63, 3.8) is 0 Å². The zero-order valence-electron chi connectivity index (χ0n) is 13.0. The van der Waals surface area contributed by atoms with Crippen molar-refractivity contribution in [1.29, 1.82) is 0 Å². The maximum Gasteiger partial charge on any atom is 0.263 e. The molecule has 4 nitrogen and oxygen atoms in total. The summed E-state index contributed by atoms with van der Waals surface area (Å²) in [5, 5.41) is 3.54. The Bertz CT molecular complexity index is 799. The predicted octanol–water partition coefficient (Wildman–Crippen LogP) is 3.54. The summed E-state index contributed by atoms with van der Waals surface area (Å²) in [5.74, 6) is -0.0448. The van der Waals surface area contributed by atoms with Crippen LogP contribution in [0.3, 0.4) is 0 Å². The highest BCUT2D eigenvalue weighted by Crippen LogP contribution is 2.32. The van der Waals surface area contributed by atoms with E-state index in [0.29, 0.717) is 10.7 Å². The van der Waals surface area contributed by atoms with Crippen molar-refractivity contribution in [2.45, 2.75) is 25.9 Å². The maximum absolute atomic E-state index is 12.2. The van der Waals surface area contributed by atoms with E-state index in [2.05, 4.69) is 24.2 Å². The van der Waals surface area contributed by atoms with Gasteiger partial charge in [-0.15, -0.1) is 0 Å². The third-order valence-electron chi connectivity index (χ3n) is 3.86. The normalized spacial score (nSPS) is 17.3. The molecule has 0 saturated carbocycles. The predicted molar refractivity (Wildman–Crippen MR) is 94.2 cm³/mol. The Morgan fingerprint density at radius 3 is 2.65 bits per heavy atom. The smallest absolute Gasteiger partial charge is 0.263 e. The van der Waals surface area contributed by atoms with Crippen LogP contribution in [0, 0.1) is 0 Å². The van der Waals surface area contributed by atoms with E-state index in [0.717, 1.165) is 22.4 Å². The van der Waals surface area contributed by atoms with Crippen LogP contribution in [0.1, 0.15) is 36.5 Å². The number of benzene rings is 2. The number of carbonyl (C=O) groups excluding carboxylic acids is 1. The van der Waals surface area contributed by atoms with Gasteiger partial charge in [0, 0.05) is 16.1 Å². The van der Waals surface area contributed by atoms with Gasteiger partial charge in [-0.25, -0.2) is 0 Å². The van der Waals surface area contributed by atoms with E-state index in [9.17, 15) is 4.79 Å². The largest absolute Gasteiger partial charge is 0.322 e. The van der Waals surface area contributed by atoms with Crippen molar-refractivity contribution < 1.29 is 4.79 Å². The molecule has 1 atom stereocenters. The highest BCUT2D eigenvalue weighted by atomic mass is 35.5. The third kappa shape index (κ3) is 3.00. The fourth-order valence-electron chi connectivity index (χ4n) is 2.72. The van der Waals surface area contributed by atoms with Gasteiger partial charge in [-0.1, -0.05) is 55.8 Å². The molecular formula is C18H18ClN3O. The number of carbonyl (C=O) groups is 1. The van der Waals surface area contributed by atoms with E-state index < -0.39 is 6.17 Å². The fourth-order valence-corrected chi connectivity index (χ4v) is 2.91. The highest BCUT2D eigenvalue weighted by molar-refractivity contribution is 6.31. The monoisotopic (exact) mass is 327 g/mol. The van der Waals surface area contributed by atoms with E-state index in [1.165, 1.54) is 0 Å². The van der Waals surface area contributed by atoms with E-state index in [4.69, 9.17) is 17.3 Å². The molecule has 1 amide bonds. The molecule has 0 fully saturated rings. The van der Waals surface area contributed by atoms with Gasteiger partial charge in [0.15, 0.2) is 6.17 Å². The molecule has 3 rings (SSSR count). The summed E-state index contributed by atoms with van der Waals surface area (Å²) in [6, 6.07) is 13.3. The molecule has 0 bridgehead atoms. The Morgan fingerprint density at radius 1 is 1.22 bits per heavy atom. The van der Waals surface area contributed by atoms with Crippen LogP contribution in [0.5, 0.6) is 0 Å². The number of amides is 1. The van der Waals surface area contributed by atoms with Crippen LogP contribution < -0.4 is 11.1 Å². The number of hydrogen-bond acceptors (Lipinski definition) is 3. The van der Waals surface area contributed by atoms with Crippen LogP contribution in [-0.4, -0.2) is 17.8 Å². The van der Waals surface area contributed by atoms with E-state index in [-0.39, 0.29) is 11.8 Å². The summed E-state index contributed by atoms with van der Waals surface area (Å²) in [5.41, 5.74) is 10.1. The molecule has 118 valence electrons. The van der Waals surface area contributed by atoms with Crippen molar-refractivity contribution in [2.75, 3.05) is 5.32 Å². The molecule has 1 aliphatic rings. The number of nitrogens with zero attached hydrogens (tertiary/aromatic N) is 1. The molecule has 1 heterocycles. The van der Waals surface area contributed by atoms with Crippen LogP contribution in [0.4, 0.5) is 5.69 Å². The number of nitrogens with one attached hydrogen (secondary N) is 1. The summed E-state index contributed by atoms with van der Waals surface area (Å²) in [6.07, 6.45) is -0.948. The third-order valence-corrected chi connectivity index (χ3v) is 4.09. The number of hydrogen-bond donors (Lipinski definition) is 2. The standard InChI is InChI=1S/C18H18ClN3O/c1-10(2)13-7-4-8-14-15(11-5-3-6-12(19)9-11)21-17(20)18(23)22-16(13)14/h3-10,17H,20H2,1-2H3,(H,22,23)/t17-/m0/s1. The van der Waals surface area contributed by atoms with Gasteiger partial charge in [-0.3, -0.25) is 9.79 Å². The van der Waals surface area contributed by atoms with Crippen LogP contribution in [0.15, 0.2) is 47.5 Å². The maximum atomic E-state index is 12.2. The van der Waals surface area contributed by atoms with Crippen molar-refractivity contribution >= 4 is 28.9 Å². The minimum Gasteiger partial charge on any atom is -0.322 e. The van der Waals surface area contributed by atoms with Crippen LogP contribution >= 0.6 is 11.6 Å². The number of nitrogens with two attached hydrogens (primary N) is 1. The number of para-hydroxylation sites is 1. The minimum absolute atomic E-state index is 0.264. The number of benzodiazepines with no additional fused rings is 1. The Labute approximate surface area is 140 Å². The van der Waals surface area contributed by atoms with Crippen LogP contribution in [-0.2, 0) is 4.79 Å². The second kappa shape index (κ2) is 6.14. The molecule has 0 aromatic heterocycles. The lowest BCUT2D eigenvalue weighted by Crippen LogP contribution is -2.33. The molecule has 0 aliphatic carbocycles. The van der Waals surface area contributed by atoms with Crippen LogP contribution in [0.2, 0.25) is 5.02 Å². The van der Waals surface area contributed by atoms with Gasteiger partial charge in [0.1, 0.15) is 0 Å². The molecule has 0 unspecified atom stereocenters. The van der Waals surface area contributed by atoms with Crippen LogP contribution in [0.25, 0.3) is 0 Å². The molecule has 0 radical (unpaired) electrons. The molecule has 23 heavy (non-hydrogen) atoms. The average molecular weight is 328 g/mol. The van der Waals surface area contributed by atoms with Crippen molar-refractivity contribution in [3.05, 3.63) is 64.2 Å². The topological polar surface area (TPSA) is 67.5 Å². The summed E-state index contributed by atoms with van der Waals surface area (Å²) < 4.78 is 0.